The smallest absolute Gasteiger partial charge is 0.487 e. The first kappa shape index (κ1) is 28.9. The van der Waals surface area contributed by atoms with Crippen LogP contribution in [-0.4, -0.2) is 63.1 Å². The second-order valence-electron chi connectivity index (χ2n) is 11.0. The third-order valence-electron chi connectivity index (χ3n) is 7.75. The molecule has 3 aromatic rings. The maximum absolute atomic E-state index is 12.8. The number of piperidine rings is 2. The van der Waals surface area contributed by atoms with Gasteiger partial charge in [0.05, 0.1) is 34.8 Å². The van der Waals surface area contributed by atoms with Gasteiger partial charge in [0.2, 0.25) is 11.8 Å². The Balaban J connectivity index is 0.000000431. The number of alkyl halides is 3. The summed E-state index contributed by atoms with van der Waals surface area (Å²) in [6.07, 6.45) is 0.775. The van der Waals surface area contributed by atoms with Crippen LogP contribution in [0.2, 0.25) is 0 Å². The van der Waals surface area contributed by atoms with Crippen molar-refractivity contribution in [1.29, 1.82) is 0 Å². The molecule has 0 bridgehead atoms. The zero-order valence-corrected chi connectivity index (χ0v) is 23.4. The Morgan fingerprint density at radius 3 is 2.49 bits per heavy atom. The van der Waals surface area contributed by atoms with Gasteiger partial charge in [-0.3, -0.25) is 24.5 Å². The Morgan fingerprint density at radius 1 is 1.20 bits per heavy atom. The summed E-state index contributed by atoms with van der Waals surface area (Å²) < 4.78 is 39.1. The van der Waals surface area contributed by atoms with Gasteiger partial charge in [0.25, 0.3) is 0 Å². The van der Waals surface area contributed by atoms with Gasteiger partial charge in [-0.15, -0.1) is 11.3 Å². The van der Waals surface area contributed by atoms with Gasteiger partial charge in [-0.2, -0.15) is 13.2 Å². The Hall–Kier alpha value is -3.58. The van der Waals surface area contributed by atoms with Crippen molar-refractivity contribution in [3.63, 3.8) is 0 Å². The van der Waals surface area contributed by atoms with Gasteiger partial charge >= 0.3 is 12.1 Å². The molecule has 0 aromatic carbocycles. The molecular formula is C28H29F3N4O5S. The van der Waals surface area contributed by atoms with E-state index in [-0.39, 0.29) is 35.2 Å². The highest BCUT2D eigenvalue weighted by molar-refractivity contribution is 7.19. The molecular weight excluding hydrogens is 561 g/mol. The third-order valence-corrected chi connectivity index (χ3v) is 8.89. The monoisotopic (exact) mass is 590 g/mol. The van der Waals surface area contributed by atoms with Crippen molar-refractivity contribution in [2.45, 2.75) is 52.4 Å². The number of likely N-dealkylation sites (tertiary alicyclic amines) is 1. The van der Waals surface area contributed by atoms with E-state index in [2.05, 4.69) is 21.4 Å². The number of nitrogens with one attached hydrogen (secondary N) is 1. The van der Waals surface area contributed by atoms with E-state index in [0.29, 0.717) is 6.54 Å². The fraction of sp³-hybridized carbons (Fsp3) is 0.464. The predicted molar refractivity (Wildman–Crippen MR) is 144 cm³/mol. The van der Waals surface area contributed by atoms with Crippen molar-refractivity contribution in [3.8, 4) is 16.9 Å². The van der Waals surface area contributed by atoms with Gasteiger partial charge in [0.15, 0.2) is 0 Å². The van der Waals surface area contributed by atoms with Crippen LogP contribution in [0.15, 0.2) is 30.6 Å². The van der Waals surface area contributed by atoms with Gasteiger partial charge in [-0.05, 0) is 49.9 Å². The van der Waals surface area contributed by atoms with E-state index < -0.39 is 12.1 Å². The number of rotatable bonds is 5. The zero-order chi connectivity index (χ0) is 29.7. The number of amides is 2. The van der Waals surface area contributed by atoms with Crippen LogP contribution in [-0.2, 0) is 20.9 Å². The Bertz CT molecular complexity index is 1490. The largest absolute Gasteiger partial charge is 0.490 e. The molecule has 2 unspecified atom stereocenters. The van der Waals surface area contributed by atoms with Crippen LogP contribution in [0, 0.1) is 24.2 Å². The first-order valence-electron chi connectivity index (χ1n) is 13.2. The van der Waals surface area contributed by atoms with E-state index in [9.17, 15) is 22.8 Å². The van der Waals surface area contributed by atoms with Crippen LogP contribution in [0.25, 0.3) is 21.3 Å². The standard InChI is InChI=1S/C26H28N4O3S.C2HF3O2/c1-14-9-18(20(12-29-14)33-15-5-4-7-27-11-15)17-6-8-28-19-10-16(34-23(17)19)13-30-24(31)21-22(25(30)32)26(21,2)3;3-2(4,5)1(6)7/h6,8-10,12,15,21-22,27H,4-5,7,11,13H2,1-3H3;(H,6,7)/t15-,21?,22?;/m0./s1. The summed E-state index contributed by atoms with van der Waals surface area (Å²) in [6, 6.07) is 6.06. The topological polar surface area (TPSA) is 122 Å². The SMILES string of the molecule is Cc1cc(-c2ccnc3cc(CN4C(=O)C5C(C4=O)C5(C)C)sc23)c(O[C@H]2CCCNC2)cn1.O=C(O)C(F)(F)F. The number of carboxylic acid groups (broad SMARTS) is 1. The predicted octanol–water partition coefficient (Wildman–Crippen LogP) is 4.57. The number of hydrogen-bond acceptors (Lipinski definition) is 8. The molecule has 2 N–H and O–H groups in total. The molecule has 2 amide bonds. The lowest BCUT2D eigenvalue weighted by Crippen LogP contribution is -2.37. The zero-order valence-electron chi connectivity index (χ0n) is 22.6. The maximum Gasteiger partial charge on any atom is 0.490 e. The molecule has 218 valence electrons. The van der Waals surface area contributed by atoms with E-state index in [1.807, 2.05) is 39.1 Å². The van der Waals surface area contributed by atoms with Gasteiger partial charge in [-0.25, -0.2) is 4.79 Å². The molecule has 5 heterocycles. The number of aliphatic carboxylic acids is 1. The molecule has 2 aliphatic heterocycles. The van der Waals surface area contributed by atoms with Crippen molar-refractivity contribution in [2.75, 3.05) is 13.1 Å². The van der Waals surface area contributed by atoms with Crippen LogP contribution < -0.4 is 10.1 Å². The van der Waals surface area contributed by atoms with E-state index in [1.165, 1.54) is 4.90 Å². The number of carbonyl (C=O) groups is 3. The number of thiophene rings is 1. The van der Waals surface area contributed by atoms with Gasteiger partial charge in [-0.1, -0.05) is 13.8 Å². The number of fused-ring (bicyclic) bond motifs is 2. The molecule has 0 spiro atoms. The summed E-state index contributed by atoms with van der Waals surface area (Å²) in [5.74, 6) is -2.37. The summed E-state index contributed by atoms with van der Waals surface area (Å²) in [4.78, 5) is 46.0. The van der Waals surface area contributed by atoms with Crippen molar-refractivity contribution in [1.82, 2.24) is 20.2 Å². The van der Waals surface area contributed by atoms with Gasteiger partial charge in [0.1, 0.15) is 11.9 Å². The minimum atomic E-state index is -5.08. The molecule has 3 aliphatic rings. The summed E-state index contributed by atoms with van der Waals surface area (Å²) in [5.41, 5.74) is 3.62. The number of pyridine rings is 2. The summed E-state index contributed by atoms with van der Waals surface area (Å²) >= 11 is 1.59. The lowest BCUT2D eigenvalue weighted by Gasteiger charge is -2.25. The quantitative estimate of drug-likeness (QED) is 0.415. The molecule has 1 saturated carbocycles. The second-order valence-corrected chi connectivity index (χ2v) is 12.2. The van der Waals surface area contributed by atoms with Crippen molar-refractivity contribution in [2.24, 2.45) is 17.3 Å². The number of aromatic nitrogens is 2. The molecule has 9 nitrogen and oxygen atoms in total. The average Bonchev–Trinajstić information content (AvgIpc) is 3.15. The minimum absolute atomic E-state index is 0.0350. The molecule has 3 atom stereocenters. The summed E-state index contributed by atoms with van der Waals surface area (Å²) in [6.45, 7) is 8.16. The van der Waals surface area contributed by atoms with E-state index in [0.717, 1.165) is 63.6 Å². The highest BCUT2D eigenvalue weighted by Crippen LogP contribution is 2.63. The van der Waals surface area contributed by atoms with Crippen LogP contribution in [0.4, 0.5) is 13.2 Å². The lowest BCUT2D eigenvalue weighted by atomic mass is 10.0. The van der Waals surface area contributed by atoms with Crippen LogP contribution in [0.5, 0.6) is 5.75 Å². The van der Waals surface area contributed by atoms with Crippen LogP contribution >= 0.6 is 11.3 Å². The van der Waals surface area contributed by atoms with E-state index in [4.69, 9.17) is 14.6 Å². The Labute approximate surface area is 237 Å². The number of nitrogens with zero attached hydrogens (tertiary/aromatic N) is 3. The fourth-order valence-corrected chi connectivity index (χ4v) is 6.68. The Kier molecular flexibility index (Phi) is 7.53. The number of carbonyl (C=O) groups excluding carboxylic acids is 2. The molecule has 2 saturated heterocycles. The number of halogens is 3. The molecule has 3 fully saturated rings. The minimum Gasteiger partial charge on any atom is -0.487 e. The second kappa shape index (κ2) is 10.7. The van der Waals surface area contributed by atoms with Crippen LogP contribution in [0.3, 0.4) is 0 Å². The number of carboxylic acids is 1. The molecule has 13 heteroatoms. The summed E-state index contributed by atoms with van der Waals surface area (Å²) in [5, 5.41) is 10.5. The average molecular weight is 591 g/mol. The molecule has 0 radical (unpaired) electrons. The van der Waals surface area contributed by atoms with Crippen molar-refractivity contribution < 1.29 is 37.4 Å². The number of imide groups is 1. The van der Waals surface area contributed by atoms with Crippen molar-refractivity contribution >= 4 is 39.3 Å². The highest BCUT2D eigenvalue weighted by atomic mass is 32.1. The van der Waals surface area contributed by atoms with Crippen LogP contribution in [0.1, 0.15) is 37.3 Å². The fourth-order valence-electron chi connectivity index (χ4n) is 5.54. The summed E-state index contributed by atoms with van der Waals surface area (Å²) in [7, 11) is 0. The molecule has 1 aliphatic carbocycles. The number of aryl methyl sites for hydroxylation is 1. The number of hydrogen-bond donors (Lipinski definition) is 2. The van der Waals surface area contributed by atoms with Crippen molar-refractivity contribution in [3.05, 3.63) is 41.2 Å². The molecule has 41 heavy (non-hydrogen) atoms. The first-order chi connectivity index (χ1) is 19.3. The first-order valence-corrected chi connectivity index (χ1v) is 14.0. The highest BCUT2D eigenvalue weighted by Gasteiger charge is 2.72. The maximum atomic E-state index is 12.8. The third kappa shape index (κ3) is 5.65. The van der Waals surface area contributed by atoms with Gasteiger partial charge in [0, 0.05) is 34.4 Å². The normalized spacial score (nSPS) is 23.2. The van der Waals surface area contributed by atoms with Gasteiger partial charge < -0.3 is 15.2 Å². The van der Waals surface area contributed by atoms with E-state index in [1.54, 1.807) is 17.5 Å². The lowest BCUT2D eigenvalue weighted by molar-refractivity contribution is -0.192. The Morgan fingerprint density at radius 2 is 1.88 bits per heavy atom. The van der Waals surface area contributed by atoms with E-state index >= 15 is 0 Å². The molecule has 3 aromatic heterocycles. The number of ether oxygens (including phenoxy) is 1. The molecule has 6 rings (SSSR count).